The normalized spacial score (nSPS) is 10.7. The van der Waals surface area contributed by atoms with Crippen LogP contribution in [-0.4, -0.2) is 32.1 Å². The Morgan fingerprint density at radius 3 is 2.33 bits per heavy atom. The molecule has 5 heteroatoms. The van der Waals surface area contributed by atoms with E-state index in [1.807, 2.05) is 31.3 Å². The number of halogens is 1. The number of rotatable bonds is 6. The van der Waals surface area contributed by atoms with Crippen LogP contribution in [0, 0.1) is 0 Å². The standard InChI is InChI=1S/C22H22BrNO3/c1-24(14-15-8-9-16-6-4-5-7-17(16)10-15)22(25)12-18-11-20(26-2)21(27-3)13-19(18)23/h4-11,13H,12,14H2,1-3H3. The van der Waals surface area contributed by atoms with Gasteiger partial charge >= 0.3 is 0 Å². The van der Waals surface area contributed by atoms with Crippen LogP contribution in [0.15, 0.2) is 59.1 Å². The topological polar surface area (TPSA) is 38.8 Å². The molecule has 27 heavy (non-hydrogen) atoms. The fraction of sp³-hybridized carbons (Fsp3) is 0.227. The number of hydrogen-bond acceptors (Lipinski definition) is 3. The summed E-state index contributed by atoms with van der Waals surface area (Å²) in [6, 6.07) is 18.2. The number of benzene rings is 3. The van der Waals surface area contributed by atoms with E-state index in [2.05, 4.69) is 46.3 Å². The van der Waals surface area contributed by atoms with Crippen LogP contribution in [0.1, 0.15) is 11.1 Å². The molecule has 0 aliphatic carbocycles. The van der Waals surface area contributed by atoms with Crippen molar-refractivity contribution in [2.75, 3.05) is 21.3 Å². The summed E-state index contributed by atoms with van der Waals surface area (Å²) in [5, 5.41) is 2.38. The third-order valence-corrected chi connectivity index (χ3v) is 5.29. The molecule has 0 atom stereocenters. The maximum absolute atomic E-state index is 12.7. The Kier molecular flexibility index (Phi) is 6.01. The molecular formula is C22H22BrNO3. The van der Waals surface area contributed by atoms with Crippen molar-refractivity contribution in [1.82, 2.24) is 4.90 Å². The lowest BCUT2D eigenvalue weighted by Gasteiger charge is -2.19. The van der Waals surface area contributed by atoms with Crippen molar-refractivity contribution in [2.45, 2.75) is 13.0 Å². The van der Waals surface area contributed by atoms with Crippen LogP contribution in [0.3, 0.4) is 0 Å². The molecule has 0 bridgehead atoms. The maximum atomic E-state index is 12.7. The van der Waals surface area contributed by atoms with Crippen molar-refractivity contribution in [1.29, 1.82) is 0 Å². The number of fused-ring (bicyclic) bond motifs is 1. The van der Waals surface area contributed by atoms with Crippen LogP contribution in [0.25, 0.3) is 10.8 Å². The lowest BCUT2D eigenvalue weighted by atomic mass is 10.1. The van der Waals surface area contributed by atoms with E-state index in [-0.39, 0.29) is 12.3 Å². The van der Waals surface area contributed by atoms with Crippen LogP contribution in [-0.2, 0) is 17.8 Å². The summed E-state index contributed by atoms with van der Waals surface area (Å²) < 4.78 is 11.5. The van der Waals surface area contributed by atoms with Crippen molar-refractivity contribution in [2.24, 2.45) is 0 Å². The van der Waals surface area contributed by atoms with Gasteiger partial charge in [-0.25, -0.2) is 0 Å². The van der Waals surface area contributed by atoms with Crippen LogP contribution in [0.5, 0.6) is 11.5 Å². The number of amides is 1. The van der Waals surface area contributed by atoms with Crippen molar-refractivity contribution >= 4 is 32.6 Å². The summed E-state index contributed by atoms with van der Waals surface area (Å²) in [5.74, 6) is 1.28. The summed E-state index contributed by atoms with van der Waals surface area (Å²) in [7, 11) is 5.00. The van der Waals surface area contributed by atoms with Gasteiger partial charge < -0.3 is 14.4 Å². The zero-order chi connectivity index (χ0) is 19.4. The Hall–Kier alpha value is -2.53. The molecule has 0 aliphatic heterocycles. The Morgan fingerprint density at radius 2 is 1.63 bits per heavy atom. The molecule has 1 amide bonds. The molecule has 140 valence electrons. The Morgan fingerprint density at radius 1 is 0.963 bits per heavy atom. The highest BCUT2D eigenvalue weighted by atomic mass is 79.9. The van der Waals surface area contributed by atoms with Gasteiger partial charge in [-0.05, 0) is 40.1 Å². The average molecular weight is 428 g/mol. The van der Waals surface area contributed by atoms with Gasteiger partial charge in [0.1, 0.15) is 0 Å². The highest BCUT2D eigenvalue weighted by molar-refractivity contribution is 9.10. The summed E-state index contributed by atoms with van der Waals surface area (Å²) in [6.07, 6.45) is 0.283. The van der Waals surface area contributed by atoms with Gasteiger partial charge in [0.2, 0.25) is 5.91 Å². The molecule has 0 radical (unpaired) electrons. The number of methoxy groups -OCH3 is 2. The third-order valence-electron chi connectivity index (χ3n) is 4.55. The molecule has 0 aromatic heterocycles. The first-order valence-corrected chi connectivity index (χ1v) is 9.43. The van der Waals surface area contributed by atoms with E-state index in [9.17, 15) is 4.79 Å². The van der Waals surface area contributed by atoms with Gasteiger partial charge in [0.05, 0.1) is 20.6 Å². The van der Waals surface area contributed by atoms with Crippen molar-refractivity contribution in [3.05, 3.63) is 70.2 Å². The summed E-state index contributed by atoms with van der Waals surface area (Å²) in [5.41, 5.74) is 1.97. The second kappa shape index (κ2) is 8.44. The number of hydrogen-bond donors (Lipinski definition) is 0. The molecule has 3 aromatic carbocycles. The van der Waals surface area contributed by atoms with Crippen LogP contribution in [0.2, 0.25) is 0 Å². The quantitative estimate of drug-likeness (QED) is 0.565. The Balaban J connectivity index is 1.73. The molecule has 3 rings (SSSR count). The van der Waals surface area contributed by atoms with E-state index in [0.717, 1.165) is 15.6 Å². The number of nitrogens with zero attached hydrogens (tertiary/aromatic N) is 1. The molecule has 0 heterocycles. The SMILES string of the molecule is COc1cc(Br)c(CC(=O)N(C)Cc2ccc3ccccc3c2)cc1OC. The molecule has 0 saturated heterocycles. The van der Waals surface area contributed by atoms with E-state index < -0.39 is 0 Å². The molecule has 0 spiro atoms. The first-order chi connectivity index (χ1) is 13.0. The molecule has 0 aliphatic rings. The van der Waals surface area contributed by atoms with E-state index in [1.54, 1.807) is 19.1 Å². The summed E-state index contributed by atoms with van der Waals surface area (Å²) in [4.78, 5) is 14.5. The van der Waals surface area contributed by atoms with E-state index in [4.69, 9.17) is 9.47 Å². The molecular weight excluding hydrogens is 406 g/mol. The fourth-order valence-corrected chi connectivity index (χ4v) is 3.49. The second-order valence-electron chi connectivity index (χ2n) is 6.41. The first kappa shape index (κ1) is 19.2. The van der Waals surface area contributed by atoms with Crippen LogP contribution >= 0.6 is 15.9 Å². The minimum atomic E-state index is 0.0380. The zero-order valence-electron chi connectivity index (χ0n) is 15.7. The summed E-state index contributed by atoms with van der Waals surface area (Å²) in [6.45, 7) is 0.564. The maximum Gasteiger partial charge on any atom is 0.227 e. The predicted molar refractivity (Wildman–Crippen MR) is 111 cm³/mol. The smallest absolute Gasteiger partial charge is 0.227 e. The van der Waals surface area contributed by atoms with E-state index >= 15 is 0 Å². The lowest BCUT2D eigenvalue weighted by molar-refractivity contribution is -0.129. The molecule has 0 unspecified atom stereocenters. The van der Waals surface area contributed by atoms with Crippen LogP contribution in [0.4, 0.5) is 0 Å². The largest absolute Gasteiger partial charge is 0.493 e. The first-order valence-electron chi connectivity index (χ1n) is 8.64. The minimum absolute atomic E-state index is 0.0380. The van der Waals surface area contributed by atoms with Crippen molar-refractivity contribution < 1.29 is 14.3 Å². The Bertz CT molecular complexity index is 971. The average Bonchev–Trinajstić information content (AvgIpc) is 2.68. The number of carbonyl (C=O) groups excluding carboxylic acids is 1. The number of ether oxygens (including phenoxy) is 2. The molecule has 4 nitrogen and oxygen atoms in total. The van der Waals surface area contributed by atoms with Gasteiger partial charge in [-0.3, -0.25) is 4.79 Å². The summed E-state index contributed by atoms with van der Waals surface area (Å²) >= 11 is 3.52. The van der Waals surface area contributed by atoms with Crippen LogP contribution < -0.4 is 9.47 Å². The van der Waals surface area contributed by atoms with Gasteiger partial charge in [0.25, 0.3) is 0 Å². The van der Waals surface area contributed by atoms with Gasteiger partial charge in [-0.15, -0.1) is 0 Å². The molecule has 3 aromatic rings. The minimum Gasteiger partial charge on any atom is -0.493 e. The molecule has 0 N–H and O–H groups in total. The second-order valence-corrected chi connectivity index (χ2v) is 7.26. The van der Waals surface area contributed by atoms with Gasteiger partial charge in [0, 0.05) is 18.1 Å². The lowest BCUT2D eigenvalue weighted by Crippen LogP contribution is -2.27. The highest BCUT2D eigenvalue weighted by Crippen LogP contribution is 2.33. The third kappa shape index (κ3) is 4.42. The van der Waals surface area contributed by atoms with Crippen molar-refractivity contribution in [3.63, 3.8) is 0 Å². The zero-order valence-corrected chi connectivity index (χ0v) is 17.2. The van der Waals surface area contributed by atoms with Gasteiger partial charge in [-0.2, -0.15) is 0 Å². The van der Waals surface area contributed by atoms with E-state index in [0.29, 0.717) is 18.0 Å². The molecule has 0 saturated carbocycles. The number of carbonyl (C=O) groups is 1. The highest BCUT2D eigenvalue weighted by Gasteiger charge is 2.15. The van der Waals surface area contributed by atoms with Gasteiger partial charge in [0.15, 0.2) is 11.5 Å². The van der Waals surface area contributed by atoms with Crippen molar-refractivity contribution in [3.8, 4) is 11.5 Å². The van der Waals surface area contributed by atoms with E-state index in [1.165, 1.54) is 10.8 Å². The van der Waals surface area contributed by atoms with Gasteiger partial charge in [-0.1, -0.05) is 52.3 Å². The molecule has 0 fully saturated rings. The monoisotopic (exact) mass is 427 g/mol. The number of likely N-dealkylation sites (N-methyl/N-ethyl adjacent to an activating group) is 1. The fourth-order valence-electron chi connectivity index (χ4n) is 3.03. The predicted octanol–water partition coefficient (Wildman–Crippen LogP) is 4.82. The Labute approximate surface area is 167 Å².